The molecule has 0 atom stereocenters. The lowest BCUT2D eigenvalue weighted by Crippen LogP contribution is -1.98. The fraction of sp³-hybridized carbons (Fsp3) is 0.150. The summed E-state index contributed by atoms with van der Waals surface area (Å²) in [4.78, 5) is 12.2. The molecule has 4 nitrogen and oxygen atoms in total. The molecule has 0 bridgehead atoms. The van der Waals surface area contributed by atoms with Crippen molar-refractivity contribution in [2.24, 2.45) is 0 Å². The van der Waals surface area contributed by atoms with E-state index in [0.29, 0.717) is 22.6 Å². The number of carbonyl (C=O) groups excluding carboxylic acids is 1. The second-order valence-electron chi connectivity index (χ2n) is 5.71. The van der Waals surface area contributed by atoms with Crippen molar-refractivity contribution in [3.63, 3.8) is 0 Å². The highest BCUT2D eigenvalue weighted by molar-refractivity contribution is 6.05. The van der Waals surface area contributed by atoms with Gasteiger partial charge >= 0.3 is 5.97 Å². The van der Waals surface area contributed by atoms with Crippen molar-refractivity contribution in [2.45, 2.75) is 13.8 Å². The summed E-state index contributed by atoms with van der Waals surface area (Å²) < 4.78 is 10.5. The van der Waals surface area contributed by atoms with Crippen LogP contribution in [0.5, 0.6) is 11.5 Å². The fourth-order valence-corrected chi connectivity index (χ4v) is 2.70. The van der Waals surface area contributed by atoms with Gasteiger partial charge in [0, 0.05) is 11.1 Å². The van der Waals surface area contributed by atoms with E-state index in [1.807, 2.05) is 32.0 Å². The zero-order chi connectivity index (χ0) is 17.3. The lowest BCUT2D eigenvalue weighted by molar-refractivity contribution is -0.130. The van der Waals surface area contributed by atoms with Crippen molar-refractivity contribution in [3.8, 4) is 11.5 Å². The van der Waals surface area contributed by atoms with E-state index in [1.165, 1.54) is 7.11 Å². The van der Waals surface area contributed by atoms with Crippen molar-refractivity contribution in [1.82, 2.24) is 0 Å². The van der Waals surface area contributed by atoms with Gasteiger partial charge in [-0.1, -0.05) is 35.9 Å². The second-order valence-corrected chi connectivity index (χ2v) is 5.71. The first kappa shape index (κ1) is 15.9. The average Bonchev–Trinajstić information content (AvgIpc) is 2.90. The summed E-state index contributed by atoms with van der Waals surface area (Å²) >= 11 is 0. The number of benzene rings is 2. The van der Waals surface area contributed by atoms with Crippen LogP contribution in [0.1, 0.15) is 22.3 Å². The first-order chi connectivity index (χ1) is 11.5. The topological polar surface area (TPSA) is 55.8 Å². The number of methoxy groups -OCH3 is 1. The highest BCUT2D eigenvalue weighted by Crippen LogP contribution is 2.34. The minimum Gasteiger partial charge on any atom is -0.504 e. The molecule has 0 aliphatic carbocycles. The second kappa shape index (κ2) is 6.24. The number of hydrogen-bond acceptors (Lipinski definition) is 4. The quantitative estimate of drug-likeness (QED) is 0.685. The molecule has 2 aromatic carbocycles. The molecule has 24 heavy (non-hydrogen) atoms. The molecule has 0 unspecified atom stereocenters. The Bertz CT molecular complexity index is 875. The Balaban J connectivity index is 2.00. The van der Waals surface area contributed by atoms with Gasteiger partial charge < -0.3 is 14.6 Å². The summed E-state index contributed by atoms with van der Waals surface area (Å²) in [5, 5.41) is 10.2. The number of aryl methyl sites for hydroxylation is 2. The van der Waals surface area contributed by atoms with Gasteiger partial charge in [-0.3, -0.25) is 0 Å². The molecule has 2 aromatic rings. The van der Waals surface area contributed by atoms with Gasteiger partial charge in [0.05, 0.1) is 12.7 Å². The SMILES string of the molecule is COc1cccc(/C=C2\C=C(c3ccc(C)cc3C)OC2=O)c1O. The van der Waals surface area contributed by atoms with E-state index in [1.54, 1.807) is 30.4 Å². The standard InChI is InChI=1S/C20H18O4/c1-12-7-8-16(13(2)9-12)18-11-15(20(22)24-18)10-14-5-4-6-17(23-3)19(14)21/h4-11,21H,1-3H3/b15-10+. The number of rotatable bonds is 3. The van der Waals surface area contributed by atoms with Crippen molar-refractivity contribution < 1.29 is 19.4 Å². The van der Waals surface area contributed by atoms with Gasteiger partial charge in [0.2, 0.25) is 0 Å². The average molecular weight is 322 g/mol. The normalized spacial score (nSPS) is 15.4. The smallest absolute Gasteiger partial charge is 0.343 e. The summed E-state index contributed by atoms with van der Waals surface area (Å²) in [7, 11) is 1.48. The minimum absolute atomic E-state index is 0.00586. The molecular formula is C20H18O4. The summed E-state index contributed by atoms with van der Waals surface area (Å²) in [6, 6.07) is 11.1. The molecule has 0 saturated heterocycles. The first-order valence-corrected chi connectivity index (χ1v) is 7.59. The fourth-order valence-electron chi connectivity index (χ4n) is 2.70. The highest BCUT2D eigenvalue weighted by Gasteiger charge is 2.23. The zero-order valence-corrected chi connectivity index (χ0v) is 13.8. The van der Waals surface area contributed by atoms with Gasteiger partial charge in [0.15, 0.2) is 11.5 Å². The molecule has 1 heterocycles. The van der Waals surface area contributed by atoms with Gasteiger partial charge in [-0.25, -0.2) is 4.79 Å². The molecule has 0 aromatic heterocycles. The Labute approximate surface area is 140 Å². The third kappa shape index (κ3) is 2.91. The number of aromatic hydroxyl groups is 1. The first-order valence-electron chi connectivity index (χ1n) is 7.59. The number of phenolic OH excluding ortho intramolecular Hbond substituents is 1. The molecule has 0 spiro atoms. The van der Waals surface area contributed by atoms with Crippen LogP contribution in [-0.2, 0) is 9.53 Å². The van der Waals surface area contributed by atoms with Crippen LogP contribution in [0.15, 0.2) is 48.0 Å². The van der Waals surface area contributed by atoms with Crippen LogP contribution in [0.3, 0.4) is 0 Å². The van der Waals surface area contributed by atoms with Crippen LogP contribution < -0.4 is 4.74 Å². The number of hydrogen-bond donors (Lipinski definition) is 1. The number of carbonyl (C=O) groups is 1. The third-order valence-corrected chi connectivity index (χ3v) is 3.93. The molecule has 1 N–H and O–H groups in total. The van der Waals surface area contributed by atoms with Crippen molar-refractivity contribution in [2.75, 3.05) is 7.11 Å². The Morgan fingerprint density at radius 1 is 1.17 bits per heavy atom. The summed E-state index contributed by atoms with van der Waals surface area (Å²) in [5.74, 6) is 0.432. The van der Waals surface area contributed by atoms with E-state index in [-0.39, 0.29) is 5.75 Å². The number of cyclic esters (lactones) is 1. The van der Waals surface area contributed by atoms with Gasteiger partial charge in [0.25, 0.3) is 0 Å². The van der Waals surface area contributed by atoms with Crippen LogP contribution in [-0.4, -0.2) is 18.2 Å². The Morgan fingerprint density at radius 3 is 2.67 bits per heavy atom. The predicted octanol–water partition coefficient (Wildman–Crippen LogP) is 4.00. The maximum absolute atomic E-state index is 12.2. The van der Waals surface area contributed by atoms with Gasteiger partial charge in [0.1, 0.15) is 5.76 Å². The molecule has 3 rings (SSSR count). The molecule has 0 radical (unpaired) electrons. The minimum atomic E-state index is -0.438. The molecule has 0 amide bonds. The van der Waals surface area contributed by atoms with Gasteiger partial charge in [-0.15, -0.1) is 0 Å². The molecule has 122 valence electrons. The zero-order valence-electron chi connectivity index (χ0n) is 13.8. The Kier molecular flexibility index (Phi) is 4.13. The van der Waals surface area contributed by atoms with Crippen LogP contribution in [0, 0.1) is 13.8 Å². The number of phenols is 1. The lowest BCUT2D eigenvalue weighted by atomic mass is 10.0. The van der Waals surface area contributed by atoms with Crippen LogP contribution >= 0.6 is 0 Å². The molecule has 1 aliphatic heterocycles. The van der Waals surface area contributed by atoms with Crippen molar-refractivity contribution >= 4 is 17.8 Å². The molecular weight excluding hydrogens is 304 g/mol. The maximum Gasteiger partial charge on any atom is 0.343 e. The molecule has 4 heteroatoms. The van der Waals surface area contributed by atoms with Crippen LogP contribution in [0.4, 0.5) is 0 Å². The lowest BCUT2D eigenvalue weighted by Gasteiger charge is -2.06. The molecule has 0 fully saturated rings. The summed E-state index contributed by atoms with van der Waals surface area (Å²) in [6.45, 7) is 4.00. The van der Waals surface area contributed by atoms with E-state index in [9.17, 15) is 9.90 Å². The maximum atomic E-state index is 12.2. The number of ether oxygens (including phenoxy) is 2. The van der Waals surface area contributed by atoms with Crippen molar-refractivity contribution in [1.29, 1.82) is 0 Å². The van der Waals surface area contributed by atoms with Crippen LogP contribution in [0.2, 0.25) is 0 Å². The van der Waals surface area contributed by atoms with Gasteiger partial charge in [-0.2, -0.15) is 0 Å². The largest absolute Gasteiger partial charge is 0.504 e. The Hall–Kier alpha value is -3.01. The van der Waals surface area contributed by atoms with Gasteiger partial charge in [-0.05, 0) is 37.6 Å². The van der Waals surface area contributed by atoms with E-state index in [0.717, 1.165) is 16.7 Å². The predicted molar refractivity (Wildman–Crippen MR) is 92.6 cm³/mol. The van der Waals surface area contributed by atoms with E-state index < -0.39 is 5.97 Å². The molecule has 0 saturated carbocycles. The summed E-state index contributed by atoms with van der Waals surface area (Å²) in [6.07, 6.45) is 3.29. The van der Waals surface area contributed by atoms with E-state index in [4.69, 9.17) is 9.47 Å². The number of para-hydroxylation sites is 1. The monoisotopic (exact) mass is 322 g/mol. The number of esters is 1. The van der Waals surface area contributed by atoms with Crippen LogP contribution in [0.25, 0.3) is 11.8 Å². The molecule has 1 aliphatic rings. The third-order valence-electron chi connectivity index (χ3n) is 3.93. The Morgan fingerprint density at radius 2 is 1.96 bits per heavy atom. The van der Waals surface area contributed by atoms with Crippen molar-refractivity contribution in [3.05, 3.63) is 70.3 Å². The highest BCUT2D eigenvalue weighted by atomic mass is 16.5. The summed E-state index contributed by atoms with van der Waals surface area (Å²) in [5.41, 5.74) is 3.96. The van der Waals surface area contributed by atoms with E-state index >= 15 is 0 Å². The van der Waals surface area contributed by atoms with E-state index in [2.05, 4.69) is 0 Å².